The van der Waals surface area contributed by atoms with Crippen LogP contribution in [-0.2, 0) is 10.5 Å². The molecule has 1 heterocycles. The molecule has 0 fully saturated rings. The Hall–Kier alpha value is -1.75. The molecule has 2 rings (SSSR count). The molecule has 1 aromatic carbocycles. The van der Waals surface area contributed by atoms with Crippen molar-refractivity contribution in [3.63, 3.8) is 0 Å². The Morgan fingerprint density at radius 2 is 2.28 bits per heavy atom. The molecule has 0 aliphatic rings. The topological polar surface area (TPSA) is 57.8 Å². The van der Waals surface area contributed by atoms with Crippen LogP contribution in [0.2, 0.25) is 0 Å². The van der Waals surface area contributed by atoms with Gasteiger partial charge in [0.25, 0.3) is 0 Å². The fraction of sp³-hybridized carbons (Fsp3) is 0.231. The highest BCUT2D eigenvalue weighted by atomic mass is 32.2. The zero-order chi connectivity index (χ0) is 12.8. The van der Waals surface area contributed by atoms with Crippen molar-refractivity contribution < 1.29 is 4.79 Å². The standard InChI is InChI=1S/C13H15N3OS/c1-14-12(17)9-18-8-10-4-2-3-5-11(10)13-15-6-7-16-13/h2-7H,8-9H2,1H3,(H,14,17)(H,15,16). The average molecular weight is 261 g/mol. The van der Waals surface area contributed by atoms with E-state index in [1.54, 1.807) is 25.0 Å². The number of nitrogens with one attached hydrogen (secondary N) is 2. The van der Waals surface area contributed by atoms with Gasteiger partial charge in [0.15, 0.2) is 0 Å². The van der Waals surface area contributed by atoms with E-state index in [4.69, 9.17) is 0 Å². The lowest BCUT2D eigenvalue weighted by Gasteiger charge is -2.06. The SMILES string of the molecule is CNC(=O)CSCc1ccccc1-c1ncc[nH]1. The first-order valence-electron chi connectivity index (χ1n) is 5.67. The molecular formula is C13H15N3OS. The summed E-state index contributed by atoms with van der Waals surface area (Å²) in [6.07, 6.45) is 3.55. The van der Waals surface area contributed by atoms with Crippen molar-refractivity contribution >= 4 is 17.7 Å². The second-order valence-electron chi connectivity index (χ2n) is 3.76. The van der Waals surface area contributed by atoms with Crippen LogP contribution >= 0.6 is 11.8 Å². The average Bonchev–Trinajstić information content (AvgIpc) is 2.93. The molecule has 0 aliphatic carbocycles. The Labute approximate surface area is 110 Å². The van der Waals surface area contributed by atoms with E-state index in [0.717, 1.165) is 17.1 Å². The van der Waals surface area contributed by atoms with Gasteiger partial charge >= 0.3 is 0 Å². The number of rotatable bonds is 5. The fourth-order valence-electron chi connectivity index (χ4n) is 1.62. The molecule has 0 aliphatic heterocycles. The summed E-state index contributed by atoms with van der Waals surface area (Å²) >= 11 is 1.60. The lowest BCUT2D eigenvalue weighted by Crippen LogP contribution is -2.19. The van der Waals surface area contributed by atoms with Gasteiger partial charge in [-0.2, -0.15) is 0 Å². The molecule has 0 unspecified atom stereocenters. The van der Waals surface area contributed by atoms with Crippen molar-refractivity contribution in [1.29, 1.82) is 0 Å². The molecule has 0 radical (unpaired) electrons. The van der Waals surface area contributed by atoms with Crippen molar-refractivity contribution in [2.45, 2.75) is 5.75 Å². The Morgan fingerprint density at radius 3 is 3.00 bits per heavy atom. The van der Waals surface area contributed by atoms with E-state index in [1.807, 2.05) is 24.4 Å². The maximum atomic E-state index is 11.2. The maximum Gasteiger partial charge on any atom is 0.229 e. The largest absolute Gasteiger partial charge is 0.358 e. The number of amides is 1. The highest BCUT2D eigenvalue weighted by molar-refractivity contribution is 7.99. The summed E-state index contributed by atoms with van der Waals surface area (Å²) < 4.78 is 0. The lowest BCUT2D eigenvalue weighted by atomic mass is 10.1. The minimum absolute atomic E-state index is 0.0514. The molecule has 0 spiro atoms. The maximum absolute atomic E-state index is 11.2. The first-order valence-corrected chi connectivity index (χ1v) is 6.82. The number of carbonyl (C=O) groups excluding carboxylic acids is 1. The van der Waals surface area contributed by atoms with Gasteiger partial charge < -0.3 is 10.3 Å². The molecule has 5 heteroatoms. The zero-order valence-corrected chi connectivity index (χ0v) is 11.0. The molecular weight excluding hydrogens is 246 g/mol. The minimum atomic E-state index is 0.0514. The number of hydrogen-bond acceptors (Lipinski definition) is 3. The van der Waals surface area contributed by atoms with Gasteiger partial charge in [-0.05, 0) is 5.56 Å². The second-order valence-corrected chi connectivity index (χ2v) is 4.75. The summed E-state index contributed by atoms with van der Waals surface area (Å²) in [5.41, 5.74) is 2.27. The van der Waals surface area contributed by atoms with E-state index in [2.05, 4.69) is 21.4 Å². The molecule has 0 bridgehead atoms. The van der Waals surface area contributed by atoms with Gasteiger partial charge in [-0.15, -0.1) is 11.8 Å². The first-order chi connectivity index (χ1) is 8.81. The smallest absolute Gasteiger partial charge is 0.229 e. The van der Waals surface area contributed by atoms with Gasteiger partial charge in [-0.1, -0.05) is 24.3 Å². The normalized spacial score (nSPS) is 10.3. The Balaban J connectivity index is 2.07. The van der Waals surface area contributed by atoms with Gasteiger partial charge in [-0.25, -0.2) is 4.98 Å². The van der Waals surface area contributed by atoms with Crippen LogP contribution in [0.1, 0.15) is 5.56 Å². The van der Waals surface area contributed by atoms with Crippen molar-refractivity contribution in [2.24, 2.45) is 0 Å². The van der Waals surface area contributed by atoms with Crippen LogP contribution in [0, 0.1) is 0 Å². The number of aromatic amines is 1. The quantitative estimate of drug-likeness (QED) is 0.866. The Morgan fingerprint density at radius 1 is 1.44 bits per heavy atom. The fourth-order valence-corrected chi connectivity index (χ4v) is 2.52. The number of benzene rings is 1. The van der Waals surface area contributed by atoms with E-state index in [9.17, 15) is 4.79 Å². The summed E-state index contributed by atoms with van der Waals surface area (Å²) in [6, 6.07) is 8.09. The van der Waals surface area contributed by atoms with Crippen molar-refractivity contribution in [3.8, 4) is 11.4 Å². The number of nitrogens with zero attached hydrogens (tertiary/aromatic N) is 1. The first kappa shape index (κ1) is 12.7. The third-order valence-electron chi connectivity index (χ3n) is 2.54. The minimum Gasteiger partial charge on any atom is -0.358 e. The molecule has 4 nitrogen and oxygen atoms in total. The molecule has 0 saturated carbocycles. The third kappa shape index (κ3) is 3.13. The van der Waals surface area contributed by atoms with Crippen LogP contribution in [0.25, 0.3) is 11.4 Å². The number of aromatic nitrogens is 2. The molecule has 94 valence electrons. The Bertz CT molecular complexity index is 511. The number of imidazole rings is 1. The highest BCUT2D eigenvalue weighted by Gasteiger charge is 2.07. The molecule has 2 aromatic rings. The Kier molecular flexibility index (Phi) is 4.41. The predicted octanol–water partition coefficient (Wildman–Crippen LogP) is 2.06. The van der Waals surface area contributed by atoms with Crippen LogP contribution in [-0.4, -0.2) is 28.7 Å². The van der Waals surface area contributed by atoms with Crippen molar-refractivity contribution in [3.05, 3.63) is 42.2 Å². The lowest BCUT2D eigenvalue weighted by molar-refractivity contribution is -0.118. The zero-order valence-electron chi connectivity index (χ0n) is 10.1. The molecule has 2 N–H and O–H groups in total. The summed E-state index contributed by atoms with van der Waals surface area (Å²) in [5, 5.41) is 2.62. The number of carbonyl (C=O) groups is 1. The van der Waals surface area contributed by atoms with E-state index >= 15 is 0 Å². The van der Waals surface area contributed by atoms with Crippen molar-refractivity contribution in [2.75, 3.05) is 12.8 Å². The van der Waals surface area contributed by atoms with Gasteiger partial charge in [0.05, 0.1) is 5.75 Å². The molecule has 0 saturated heterocycles. The van der Waals surface area contributed by atoms with Gasteiger partial charge in [-0.3, -0.25) is 4.79 Å². The van der Waals surface area contributed by atoms with E-state index in [0.29, 0.717) is 5.75 Å². The van der Waals surface area contributed by atoms with Crippen molar-refractivity contribution in [1.82, 2.24) is 15.3 Å². The monoisotopic (exact) mass is 261 g/mol. The van der Waals surface area contributed by atoms with Crippen LogP contribution in [0.4, 0.5) is 0 Å². The number of H-pyrrole nitrogens is 1. The van der Waals surface area contributed by atoms with Gasteiger partial charge in [0, 0.05) is 30.8 Å². The number of hydrogen-bond donors (Lipinski definition) is 2. The summed E-state index contributed by atoms with van der Waals surface area (Å²) in [7, 11) is 1.65. The molecule has 1 aromatic heterocycles. The summed E-state index contributed by atoms with van der Waals surface area (Å²) in [6.45, 7) is 0. The molecule has 18 heavy (non-hydrogen) atoms. The van der Waals surface area contributed by atoms with Gasteiger partial charge in [0.1, 0.15) is 5.82 Å². The number of thioether (sulfide) groups is 1. The summed E-state index contributed by atoms with van der Waals surface area (Å²) in [5.74, 6) is 2.19. The van der Waals surface area contributed by atoms with E-state index in [-0.39, 0.29) is 5.91 Å². The van der Waals surface area contributed by atoms with Crippen LogP contribution in [0.15, 0.2) is 36.7 Å². The predicted molar refractivity (Wildman–Crippen MR) is 74.3 cm³/mol. The van der Waals surface area contributed by atoms with Gasteiger partial charge in [0.2, 0.25) is 5.91 Å². The van der Waals surface area contributed by atoms with Crippen LogP contribution in [0.5, 0.6) is 0 Å². The second kappa shape index (κ2) is 6.26. The van der Waals surface area contributed by atoms with E-state index < -0.39 is 0 Å². The van der Waals surface area contributed by atoms with Crippen LogP contribution < -0.4 is 5.32 Å². The molecule has 0 atom stereocenters. The van der Waals surface area contributed by atoms with Crippen LogP contribution in [0.3, 0.4) is 0 Å². The highest BCUT2D eigenvalue weighted by Crippen LogP contribution is 2.23. The summed E-state index contributed by atoms with van der Waals surface area (Å²) in [4.78, 5) is 18.5. The third-order valence-corrected chi connectivity index (χ3v) is 3.52. The van der Waals surface area contributed by atoms with E-state index in [1.165, 1.54) is 5.56 Å². The molecule has 1 amide bonds.